The number of nitrogens with one attached hydrogen (secondary N) is 3. The number of aliphatic carboxylic acids is 1. The molecule has 0 heterocycles. The molecule has 0 rings (SSSR count). The van der Waals surface area contributed by atoms with E-state index in [0.717, 1.165) is 0 Å². The van der Waals surface area contributed by atoms with Gasteiger partial charge < -0.3 is 21.1 Å². The average molecular weight is 217 g/mol. The van der Waals surface area contributed by atoms with E-state index in [-0.39, 0.29) is 12.5 Å². The predicted molar refractivity (Wildman–Crippen MR) is 52.3 cm³/mol. The Hall–Kier alpha value is -1.79. The molecule has 7 nitrogen and oxygen atoms in total. The minimum atomic E-state index is -1.14. The Morgan fingerprint density at radius 2 is 1.87 bits per heavy atom. The van der Waals surface area contributed by atoms with E-state index in [4.69, 9.17) is 5.11 Å². The molecule has 0 aromatic heterocycles. The van der Waals surface area contributed by atoms with Crippen LogP contribution in [0.25, 0.3) is 0 Å². The summed E-state index contributed by atoms with van der Waals surface area (Å²) in [6.45, 7) is 3.39. The Morgan fingerprint density at radius 1 is 1.27 bits per heavy atom. The van der Waals surface area contributed by atoms with E-state index >= 15 is 0 Å². The van der Waals surface area contributed by atoms with Crippen LogP contribution in [0.4, 0.5) is 4.79 Å². The Morgan fingerprint density at radius 3 is 2.33 bits per heavy atom. The van der Waals surface area contributed by atoms with Gasteiger partial charge in [0.1, 0.15) is 6.04 Å². The van der Waals surface area contributed by atoms with Crippen LogP contribution in [-0.4, -0.2) is 42.1 Å². The third-order valence-electron chi connectivity index (χ3n) is 1.50. The van der Waals surface area contributed by atoms with E-state index in [0.29, 0.717) is 6.54 Å². The number of amides is 3. The summed E-state index contributed by atoms with van der Waals surface area (Å²) in [5.41, 5.74) is 0. The number of carboxylic acid groups (broad SMARTS) is 1. The number of hydrogen-bond acceptors (Lipinski definition) is 3. The quantitative estimate of drug-likeness (QED) is 0.468. The van der Waals surface area contributed by atoms with Crippen molar-refractivity contribution in [1.82, 2.24) is 16.0 Å². The highest BCUT2D eigenvalue weighted by atomic mass is 16.4. The highest BCUT2D eigenvalue weighted by Gasteiger charge is 2.13. The highest BCUT2D eigenvalue weighted by molar-refractivity contribution is 5.86. The molecule has 0 aromatic carbocycles. The maximum atomic E-state index is 11.0. The molecule has 0 aliphatic heterocycles. The van der Waals surface area contributed by atoms with E-state index < -0.39 is 18.0 Å². The van der Waals surface area contributed by atoms with Crippen LogP contribution in [0.1, 0.15) is 13.8 Å². The number of rotatable bonds is 5. The minimum Gasteiger partial charge on any atom is -0.480 e. The van der Waals surface area contributed by atoms with E-state index in [2.05, 4.69) is 16.0 Å². The first-order chi connectivity index (χ1) is 6.97. The molecule has 0 saturated heterocycles. The highest BCUT2D eigenvalue weighted by Crippen LogP contribution is 1.80. The monoisotopic (exact) mass is 217 g/mol. The van der Waals surface area contributed by atoms with Gasteiger partial charge in [0.05, 0.1) is 6.54 Å². The Bertz CT molecular complexity index is 254. The molecule has 0 aliphatic rings. The van der Waals surface area contributed by atoms with Gasteiger partial charge in [-0.05, 0) is 13.8 Å². The van der Waals surface area contributed by atoms with Crippen molar-refractivity contribution >= 4 is 17.9 Å². The second kappa shape index (κ2) is 6.63. The summed E-state index contributed by atoms with van der Waals surface area (Å²) in [5, 5.41) is 15.3. The van der Waals surface area contributed by atoms with Crippen molar-refractivity contribution in [3.05, 3.63) is 0 Å². The average Bonchev–Trinajstić information content (AvgIpc) is 2.15. The summed E-state index contributed by atoms with van der Waals surface area (Å²) < 4.78 is 0. The molecule has 0 radical (unpaired) electrons. The molecule has 0 aromatic rings. The van der Waals surface area contributed by atoms with Crippen molar-refractivity contribution in [2.24, 2.45) is 0 Å². The Balaban J connectivity index is 3.75. The van der Waals surface area contributed by atoms with E-state index in [9.17, 15) is 14.4 Å². The van der Waals surface area contributed by atoms with Crippen LogP contribution in [0.5, 0.6) is 0 Å². The fourth-order valence-corrected chi connectivity index (χ4v) is 0.730. The lowest BCUT2D eigenvalue weighted by Crippen LogP contribution is -2.47. The van der Waals surface area contributed by atoms with Crippen molar-refractivity contribution in [3.8, 4) is 0 Å². The number of carbonyl (C=O) groups is 3. The fourth-order valence-electron chi connectivity index (χ4n) is 0.730. The smallest absolute Gasteiger partial charge is 0.325 e. The summed E-state index contributed by atoms with van der Waals surface area (Å²) in [6, 6.07) is -1.67. The molecule has 0 bridgehead atoms. The molecular weight excluding hydrogens is 202 g/mol. The summed E-state index contributed by atoms with van der Waals surface area (Å²) >= 11 is 0. The van der Waals surface area contributed by atoms with Crippen molar-refractivity contribution < 1.29 is 19.5 Å². The topological polar surface area (TPSA) is 108 Å². The lowest BCUT2D eigenvalue weighted by Gasteiger charge is -2.10. The van der Waals surface area contributed by atoms with Crippen LogP contribution < -0.4 is 16.0 Å². The molecule has 3 amide bonds. The second-order valence-electron chi connectivity index (χ2n) is 2.84. The van der Waals surface area contributed by atoms with Gasteiger partial charge in [0.2, 0.25) is 5.91 Å². The third-order valence-corrected chi connectivity index (χ3v) is 1.50. The lowest BCUT2D eigenvalue weighted by atomic mass is 10.3. The van der Waals surface area contributed by atoms with Crippen LogP contribution in [-0.2, 0) is 9.59 Å². The van der Waals surface area contributed by atoms with Gasteiger partial charge in [-0.25, -0.2) is 4.79 Å². The van der Waals surface area contributed by atoms with Crippen LogP contribution >= 0.6 is 0 Å². The zero-order valence-corrected chi connectivity index (χ0v) is 8.66. The molecule has 0 spiro atoms. The number of likely N-dealkylation sites (N-methyl/N-ethyl adjacent to an activating group) is 1. The second-order valence-corrected chi connectivity index (χ2v) is 2.84. The van der Waals surface area contributed by atoms with Crippen molar-refractivity contribution in [1.29, 1.82) is 0 Å². The lowest BCUT2D eigenvalue weighted by molar-refractivity contribution is -0.138. The molecule has 7 heteroatoms. The summed E-state index contributed by atoms with van der Waals surface area (Å²) in [6.07, 6.45) is 0. The molecule has 86 valence electrons. The van der Waals surface area contributed by atoms with Gasteiger partial charge in [0.25, 0.3) is 0 Å². The van der Waals surface area contributed by atoms with Crippen LogP contribution in [0.3, 0.4) is 0 Å². The Kier molecular flexibility index (Phi) is 5.84. The van der Waals surface area contributed by atoms with Gasteiger partial charge in [0, 0.05) is 6.54 Å². The molecular formula is C8H15N3O4. The summed E-state index contributed by atoms with van der Waals surface area (Å²) in [4.78, 5) is 32.3. The zero-order chi connectivity index (χ0) is 11.8. The third kappa shape index (κ3) is 6.30. The molecule has 4 N–H and O–H groups in total. The fraction of sp³-hybridized carbons (Fsp3) is 0.625. The Labute approximate surface area is 87.2 Å². The van der Waals surface area contributed by atoms with Gasteiger partial charge in [-0.2, -0.15) is 0 Å². The molecule has 0 unspecified atom stereocenters. The van der Waals surface area contributed by atoms with E-state index in [1.54, 1.807) is 6.92 Å². The first-order valence-electron chi connectivity index (χ1n) is 4.51. The SMILES string of the molecule is CCNC(=O)CNC(=O)N[C@@H](C)C(=O)O. The van der Waals surface area contributed by atoms with Gasteiger partial charge in [-0.15, -0.1) is 0 Å². The maximum Gasteiger partial charge on any atom is 0.325 e. The number of urea groups is 1. The van der Waals surface area contributed by atoms with Gasteiger partial charge in [-0.1, -0.05) is 0 Å². The summed E-state index contributed by atoms with van der Waals surface area (Å²) in [5.74, 6) is -1.46. The van der Waals surface area contributed by atoms with Crippen LogP contribution in [0.2, 0.25) is 0 Å². The van der Waals surface area contributed by atoms with Gasteiger partial charge >= 0.3 is 12.0 Å². The summed E-state index contributed by atoms with van der Waals surface area (Å²) in [7, 11) is 0. The standard InChI is InChI=1S/C8H15N3O4/c1-3-9-6(12)4-10-8(15)11-5(2)7(13)14/h5H,3-4H2,1-2H3,(H,9,12)(H,13,14)(H2,10,11,15)/t5-/m0/s1. The predicted octanol–water partition coefficient (Wildman–Crippen LogP) is -1.11. The molecule has 0 aliphatic carbocycles. The normalized spacial score (nSPS) is 11.3. The van der Waals surface area contributed by atoms with E-state index in [1.165, 1.54) is 6.92 Å². The largest absolute Gasteiger partial charge is 0.480 e. The van der Waals surface area contributed by atoms with E-state index in [1.807, 2.05) is 0 Å². The van der Waals surface area contributed by atoms with Gasteiger partial charge in [0.15, 0.2) is 0 Å². The van der Waals surface area contributed by atoms with Crippen LogP contribution in [0.15, 0.2) is 0 Å². The first kappa shape index (κ1) is 13.2. The zero-order valence-electron chi connectivity index (χ0n) is 8.66. The van der Waals surface area contributed by atoms with Gasteiger partial charge in [-0.3, -0.25) is 9.59 Å². The maximum absolute atomic E-state index is 11.0. The molecule has 0 saturated carbocycles. The molecule has 1 atom stereocenters. The van der Waals surface area contributed by atoms with Crippen molar-refractivity contribution in [2.45, 2.75) is 19.9 Å². The number of carbonyl (C=O) groups excluding carboxylic acids is 2. The molecule has 15 heavy (non-hydrogen) atoms. The minimum absolute atomic E-state index is 0.175. The van der Waals surface area contributed by atoms with Crippen molar-refractivity contribution in [2.75, 3.05) is 13.1 Å². The number of carboxylic acids is 1. The van der Waals surface area contributed by atoms with Crippen LogP contribution in [0, 0.1) is 0 Å². The number of hydrogen-bond donors (Lipinski definition) is 4. The molecule has 0 fully saturated rings. The first-order valence-corrected chi connectivity index (χ1v) is 4.51. The van der Waals surface area contributed by atoms with Crippen molar-refractivity contribution in [3.63, 3.8) is 0 Å².